The topological polar surface area (TPSA) is 39.4 Å². The summed E-state index contributed by atoms with van der Waals surface area (Å²) in [5.74, 6) is 1.12. The van der Waals surface area contributed by atoms with Crippen LogP contribution in [0, 0.1) is 0 Å². The second-order valence-electron chi connectivity index (χ2n) is 6.04. The third kappa shape index (κ3) is 3.85. The summed E-state index contributed by atoms with van der Waals surface area (Å²) in [6, 6.07) is 21.6. The minimum absolute atomic E-state index is 0.116. The van der Waals surface area contributed by atoms with Gasteiger partial charge in [-0.3, -0.25) is 4.79 Å². The summed E-state index contributed by atoms with van der Waals surface area (Å²) in [6.45, 7) is 0.315. The molecular formula is C22H14Cl2O3. The van der Waals surface area contributed by atoms with Crippen molar-refractivity contribution in [2.24, 2.45) is 0 Å². The number of rotatable bonds is 4. The molecule has 134 valence electrons. The van der Waals surface area contributed by atoms with E-state index in [0.29, 0.717) is 39.1 Å². The third-order valence-corrected chi connectivity index (χ3v) is 4.89. The Morgan fingerprint density at radius 3 is 2.44 bits per heavy atom. The molecule has 1 aromatic heterocycles. The summed E-state index contributed by atoms with van der Waals surface area (Å²) in [7, 11) is 0. The van der Waals surface area contributed by atoms with Crippen LogP contribution in [-0.2, 0) is 6.61 Å². The van der Waals surface area contributed by atoms with E-state index in [1.54, 1.807) is 30.3 Å². The van der Waals surface area contributed by atoms with Gasteiger partial charge in [0.25, 0.3) is 0 Å². The molecule has 0 aliphatic heterocycles. The molecule has 0 fully saturated rings. The molecule has 0 N–H and O–H groups in total. The van der Waals surface area contributed by atoms with Crippen molar-refractivity contribution in [1.29, 1.82) is 0 Å². The molecule has 0 amide bonds. The first-order valence-corrected chi connectivity index (χ1v) is 9.06. The molecule has 1 heterocycles. The van der Waals surface area contributed by atoms with E-state index in [2.05, 4.69) is 0 Å². The molecule has 5 heteroatoms. The second kappa shape index (κ2) is 7.47. The van der Waals surface area contributed by atoms with Gasteiger partial charge in [-0.2, -0.15) is 0 Å². The van der Waals surface area contributed by atoms with Crippen LogP contribution < -0.4 is 10.2 Å². The zero-order chi connectivity index (χ0) is 18.8. The lowest BCUT2D eigenvalue weighted by atomic mass is 10.1. The van der Waals surface area contributed by atoms with Gasteiger partial charge >= 0.3 is 0 Å². The largest absolute Gasteiger partial charge is 0.489 e. The summed E-state index contributed by atoms with van der Waals surface area (Å²) >= 11 is 11.9. The standard InChI is InChI=1S/C22H14Cl2O3/c23-18-8-6-14(10-19(18)24)13-26-16-7-9-21-17(11-16)20(25)12-22(27-21)15-4-2-1-3-5-15/h1-12H,13H2. The van der Waals surface area contributed by atoms with E-state index in [1.807, 2.05) is 36.4 Å². The van der Waals surface area contributed by atoms with Gasteiger partial charge in [-0.05, 0) is 35.9 Å². The van der Waals surface area contributed by atoms with Gasteiger partial charge in [-0.1, -0.05) is 59.6 Å². The van der Waals surface area contributed by atoms with Crippen LogP contribution >= 0.6 is 23.2 Å². The highest BCUT2D eigenvalue weighted by Crippen LogP contribution is 2.26. The fourth-order valence-corrected chi connectivity index (χ4v) is 3.09. The Kier molecular flexibility index (Phi) is 4.88. The summed E-state index contributed by atoms with van der Waals surface area (Å²) in [5, 5.41) is 1.45. The Hall–Kier alpha value is -2.75. The second-order valence-corrected chi connectivity index (χ2v) is 6.85. The summed E-state index contributed by atoms with van der Waals surface area (Å²) in [5.41, 5.74) is 2.14. The summed E-state index contributed by atoms with van der Waals surface area (Å²) in [6.07, 6.45) is 0. The van der Waals surface area contributed by atoms with Gasteiger partial charge in [0.15, 0.2) is 5.43 Å². The SMILES string of the molecule is O=c1cc(-c2ccccc2)oc2ccc(OCc3ccc(Cl)c(Cl)c3)cc12. The average molecular weight is 397 g/mol. The molecule has 0 unspecified atom stereocenters. The Balaban J connectivity index is 1.61. The molecule has 0 aliphatic carbocycles. The first-order chi connectivity index (χ1) is 13.1. The number of hydrogen-bond donors (Lipinski definition) is 0. The Morgan fingerprint density at radius 2 is 1.67 bits per heavy atom. The molecule has 0 saturated carbocycles. The molecule has 4 aromatic rings. The number of halogens is 2. The van der Waals surface area contributed by atoms with Crippen LogP contribution in [-0.4, -0.2) is 0 Å². The lowest BCUT2D eigenvalue weighted by Crippen LogP contribution is -2.01. The van der Waals surface area contributed by atoms with Crippen molar-refractivity contribution < 1.29 is 9.15 Å². The van der Waals surface area contributed by atoms with Gasteiger partial charge in [0, 0.05) is 11.6 Å². The number of ether oxygens (including phenoxy) is 1. The van der Waals surface area contributed by atoms with Crippen molar-refractivity contribution in [1.82, 2.24) is 0 Å². The minimum atomic E-state index is -0.116. The van der Waals surface area contributed by atoms with Crippen molar-refractivity contribution in [3.63, 3.8) is 0 Å². The van der Waals surface area contributed by atoms with Crippen molar-refractivity contribution in [2.75, 3.05) is 0 Å². The average Bonchev–Trinajstić information content (AvgIpc) is 2.69. The maximum atomic E-state index is 12.5. The molecule has 0 spiro atoms. The fourth-order valence-electron chi connectivity index (χ4n) is 2.77. The number of hydrogen-bond acceptors (Lipinski definition) is 3. The first kappa shape index (κ1) is 17.7. The quantitative estimate of drug-likeness (QED) is 0.403. The van der Waals surface area contributed by atoms with Gasteiger partial charge in [0.2, 0.25) is 0 Å². The maximum Gasteiger partial charge on any atom is 0.193 e. The smallest absolute Gasteiger partial charge is 0.193 e. The predicted molar refractivity (Wildman–Crippen MR) is 109 cm³/mol. The normalized spacial score (nSPS) is 10.9. The van der Waals surface area contributed by atoms with Crippen LogP contribution in [0.25, 0.3) is 22.3 Å². The van der Waals surface area contributed by atoms with Gasteiger partial charge < -0.3 is 9.15 Å². The molecular weight excluding hydrogens is 383 g/mol. The van der Waals surface area contributed by atoms with Crippen molar-refractivity contribution in [3.8, 4) is 17.1 Å². The van der Waals surface area contributed by atoms with Crippen LogP contribution in [0.15, 0.2) is 82.0 Å². The maximum absolute atomic E-state index is 12.5. The van der Waals surface area contributed by atoms with Crippen molar-refractivity contribution >= 4 is 34.2 Å². The lowest BCUT2D eigenvalue weighted by Gasteiger charge is -2.08. The highest BCUT2D eigenvalue weighted by atomic mass is 35.5. The fraction of sp³-hybridized carbons (Fsp3) is 0.0455. The van der Waals surface area contributed by atoms with Crippen molar-refractivity contribution in [3.05, 3.63) is 98.6 Å². The lowest BCUT2D eigenvalue weighted by molar-refractivity contribution is 0.306. The number of fused-ring (bicyclic) bond motifs is 1. The molecule has 0 bridgehead atoms. The van der Waals surface area contributed by atoms with Crippen molar-refractivity contribution in [2.45, 2.75) is 6.61 Å². The molecule has 0 saturated heterocycles. The monoisotopic (exact) mass is 396 g/mol. The Bertz CT molecular complexity index is 1170. The van der Waals surface area contributed by atoms with Crippen LogP contribution in [0.1, 0.15) is 5.56 Å². The molecule has 3 nitrogen and oxygen atoms in total. The molecule has 27 heavy (non-hydrogen) atoms. The minimum Gasteiger partial charge on any atom is -0.489 e. The zero-order valence-electron chi connectivity index (χ0n) is 14.1. The van der Waals surface area contributed by atoms with Crippen LogP contribution in [0.5, 0.6) is 5.75 Å². The molecule has 0 aliphatic rings. The summed E-state index contributed by atoms with van der Waals surface area (Å²) < 4.78 is 11.7. The first-order valence-electron chi connectivity index (χ1n) is 8.30. The highest BCUT2D eigenvalue weighted by Gasteiger charge is 2.08. The van der Waals surface area contributed by atoms with E-state index in [4.69, 9.17) is 32.4 Å². The third-order valence-electron chi connectivity index (χ3n) is 4.15. The van der Waals surface area contributed by atoms with E-state index < -0.39 is 0 Å². The zero-order valence-corrected chi connectivity index (χ0v) is 15.6. The van der Waals surface area contributed by atoms with E-state index in [-0.39, 0.29) is 5.43 Å². The van der Waals surface area contributed by atoms with E-state index in [1.165, 1.54) is 6.07 Å². The summed E-state index contributed by atoms with van der Waals surface area (Å²) in [4.78, 5) is 12.5. The predicted octanol–water partition coefficient (Wildman–Crippen LogP) is 6.35. The van der Waals surface area contributed by atoms with E-state index >= 15 is 0 Å². The van der Waals surface area contributed by atoms with Gasteiger partial charge in [-0.15, -0.1) is 0 Å². The molecule has 0 radical (unpaired) electrons. The van der Waals surface area contributed by atoms with Gasteiger partial charge in [0.05, 0.1) is 15.4 Å². The van der Waals surface area contributed by atoms with Crippen LogP contribution in [0.4, 0.5) is 0 Å². The Labute approximate surface area is 165 Å². The molecule has 0 atom stereocenters. The highest BCUT2D eigenvalue weighted by molar-refractivity contribution is 6.42. The van der Waals surface area contributed by atoms with Crippen LogP contribution in [0.3, 0.4) is 0 Å². The van der Waals surface area contributed by atoms with E-state index in [9.17, 15) is 4.79 Å². The van der Waals surface area contributed by atoms with Crippen LogP contribution in [0.2, 0.25) is 10.0 Å². The number of benzene rings is 3. The molecule has 4 rings (SSSR count). The van der Waals surface area contributed by atoms with Gasteiger partial charge in [0.1, 0.15) is 23.7 Å². The Morgan fingerprint density at radius 1 is 0.852 bits per heavy atom. The van der Waals surface area contributed by atoms with Gasteiger partial charge in [-0.25, -0.2) is 0 Å². The molecule has 3 aromatic carbocycles. The van der Waals surface area contributed by atoms with E-state index in [0.717, 1.165) is 11.1 Å².